The van der Waals surface area contributed by atoms with E-state index in [1.165, 1.54) is 11.8 Å². The van der Waals surface area contributed by atoms with Gasteiger partial charge in [0.25, 0.3) is 0 Å². The number of carbonyl (C=O) groups is 2. The van der Waals surface area contributed by atoms with Crippen LogP contribution < -0.4 is 4.90 Å². The van der Waals surface area contributed by atoms with Crippen molar-refractivity contribution >= 4 is 33.4 Å². The Hall–Kier alpha value is -1.36. The normalized spacial score (nSPS) is 10.3. The van der Waals surface area contributed by atoms with Crippen LogP contribution in [0.2, 0.25) is 0 Å². The van der Waals surface area contributed by atoms with E-state index in [-0.39, 0.29) is 18.4 Å². The molecule has 0 radical (unpaired) electrons. The largest absolute Gasteiger partial charge is 0.341 e. The molecule has 0 aromatic heterocycles. The molecule has 0 unspecified atom stereocenters. The molecule has 0 atom stereocenters. The Labute approximate surface area is 135 Å². The van der Waals surface area contributed by atoms with Crippen molar-refractivity contribution in [2.75, 3.05) is 24.5 Å². The summed E-state index contributed by atoms with van der Waals surface area (Å²) in [5.41, 5.74) is 0.728. The second-order valence-electron chi connectivity index (χ2n) is 4.94. The topological polar surface area (TPSA) is 40.6 Å². The number of amides is 2. The van der Waals surface area contributed by atoms with E-state index in [9.17, 15) is 9.59 Å². The summed E-state index contributed by atoms with van der Waals surface area (Å²) in [4.78, 5) is 27.7. The van der Waals surface area contributed by atoms with Crippen molar-refractivity contribution in [3.8, 4) is 0 Å². The monoisotopic (exact) mass is 354 g/mol. The molecule has 0 bridgehead atoms. The number of para-hydroxylation sites is 1. The molecule has 0 fully saturated rings. The Morgan fingerprint density at radius 1 is 1.10 bits per heavy atom. The summed E-state index contributed by atoms with van der Waals surface area (Å²) < 4.78 is 0.811. The number of anilines is 1. The van der Waals surface area contributed by atoms with E-state index in [1.54, 1.807) is 0 Å². The number of rotatable bonds is 7. The van der Waals surface area contributed by atoms with E-state index in [0.717, 1.165) is 36.1 Å². The smallest absolute Gasteiger partial charge is 0.242 e. The highest BCUT2D eigenvalue weighted by atomic mass is 79.9. The van der Waals surface area contributed by atoms with Crippen LogP contribution in [0.1, 0.15) is 33.6 Å². The molecule has 4 nitrogen and oxygen atoms in total. The van der Waals surface area contributed by atoms with Crippen LogP contribution in [0.15, 0.2) is 28.7 Å². The summed E-state index contributed by atoms with van der Waals surface area (Å²) in [5.74, 6) is -0.146. The molecule has 2 amide bonds. The third-order valence-electron chi connectivity index (χ3n) is 3.16. The first-order valence-electron chi connectivity index (χ1n) is 7.31. The minimum absolute atomic E-state index is 0.00958. The van der Waals surface area contributed by atoms with Gasteiger partial charge in [0.2, 0.25) is 11.8 Å². The second kappa shape index (κ2) is 8.82. The van der Waals surface area contributed by atoms with Crippen molar-refractivity contribution in [2.24, 2.45) is 0 Å². The fourth-order valence-corrected chi connectivity index (χ4v) is 2.67. The van der Waals surface area contributed by atoms with Crippen molar-refractivity contribution in [3.05, 3.63) is 28.7 Å². The van der Waals surface area contributed by atoms with Crippen LogP contribution in [0.5, 0.6) is 0 Å². The minimum Gasteiger partial charge on any atom is -0.341 e. The zero-order valence-electron chi connectivity index (χ0n) is 12.9. The van der Waals surface area contributed by atoms with Gasteiger partial charge < -0.3 is 9.80 Å². The lowest BCUT2D eigenvalue weighted by molar-refractivity contribution is -0.131. The maximum absolute atomic E-state index is 12.4. The minimum atomic E-state index is -0.136. The first-order chi connectivity index (χ1) is 10.0. The van der Waals surface area contributed by atoms with Gasteiger partial charge in [-0.15, -0.1) is 0 Å². The third kappa shape index (κ3) is 5.16. The Morgan fingerprint density at radius 2 is 1.67 bits per heavy atom. The van der Waals surface area contributed by atoms with Crippen molar-refractivity contribution in [2.45, 2.75) is 33.6 Å². The van der Waals surface area contributed by atoms with Crippen LogP contribution >= 0.6 is 15.9 Å². The average molecular weight is 355 g/mol. The average Bonchev–Trinajstić information content (AvgIpc) is 2.45. The van der Waals surface area contributed by atoms with Crippen LogP contribution in [-0.4, -0.2) is 36.3 Å². The molecule has 0 N–H and O–H groups in total. The van der Waals surface area contributed by atoms with Gasteiger partial charge in [-0.25, -0.2) is 0 Å². The molecule has 1 aromatic rings. The first kappa shape index (κ1) is 17.7. The SMILES string of the molecule is CCCN(CCC)C(=O)CN(C(C)=O)c1ccccc1Br. The van der Waals surface area contributed by atoms with Crippen LogP contribution in [0.3, 0.4) is 0 Å². The maximum Gasteiger partial charge on any atom is 0.242 e. The van der Waals surface area contributed by atoms with Crippen LogP contribution in [-0.2, 0) is 9.59 Å². The highest BCUT2D eigenvalue weighted by Gasteiger charge is 2.21. The van der Waals surface area contributed by atoms with Gasteiger partial charge in [-0.05, 0) is 40.9 Å². The Morgan fingerprint density at radius 3 is 2.14 bits per heavy atom. The lowest BCUT2D eigenvalue weighted by Crippen LogP contribution is -2.43. The van der Waals surface area contributed by atoms with Gasteiger partial charge in [-0.1, -0.05) is 26.0 Å². The van der Waals surface area contributed by atoms with Crippen molar-refractivity contribution in [1.29, 1.82) is 0 Å². The highest BCUT2D eigenvalue weighted by molar-refractivity contribution is 9.10. The van der Waals surface area contributed by atoms with Gasteiger partial charge in [0, 0.05) is 24.5 Å². The highest BCUT2D eigenvalue weighted by Crippen LogP contribution is 2.25. The predicted octanol–water partition coefficient (Wildman–Crippen LogP) is 3.45. The number of hydrogen-bond donors (Lipinski definition) is 0. The molecule has 1 aromatic carbocycles. The lowest BCUT2D eigenvalue weighted by Gasteiger charge is -2.27. The fraction of sp³-hybridized carbons (Fsp3) is 0.500. The summed E-state index contributed by atoms with van der Waals surface area (Å²) in [6.07, 6.45) is 1.84. The van der Waals surface area contributed by atoms with Gasteiger partial charge >= 0.3 is 0 Å². The standard InChI is InChI=1S/C16H23BrN2O2/c1-4-10-18(11-5-2)16(21)12-19(13(3)20)15-9-7-6-8-14(15)17/h6-9H,4-5,10-12H2,1-3H3. The van der Waals surface area contributed by atoms with E-state index in [2.05, 4.69) is 15.9 Å². The molecule has 0 heterocycles. The first-order valence-corrected chi connectivity index (χ1v) is 8.10. The van der Waals surface area contributed by atoms with E-state index in [4.69, 9.17) is 0 Å². The van der Waals surface area contributed by atoms with E-state index in [1.807, 2.05) is 43.0 Å². The third-order valence-corrected chi connectivity index (χ3v) is 3.83. The van der Waals surface area contributed by atoms with Crippen LogP contribution in [0.4, 0.5) is 5.69 Å². The zero-order valence-corrected chi connectivity index (χ0v) is 14.5. The molecule has 0 aliphatic rings. The molecule has 5 heteroatoms. The van der Waals surface area contributed by atoms with Crippen molar-refractivity contribution in [1.82, 2.24) is 4.90 Å². The molecule has 1 rings (SSSR count). The van der Waals surface area contributed by atoms with Gasteiger partial charge in [-0.2, -0.15) is 0 Å². The molecular weight excluding hydrogens is 332 g/mol. The maximum atomic E-state index is 12.4. The molecule has 0 saturated heterocycles. The summed E-state index contributed by atoms with van der Waals surface area (Å²) in [5, 5.41) is 0. The molecule has 116 valence electrons. The fourth-order valence-electron chi connectivity index (χ4n) is 2.17. The molecule has 0 spiro atoms. The van der Waals surface area contributed by atoms with Gasteiger partial charge in [0.05, 0.1) is 5.69 Å². The molecular formula is C16H23BrN2O2. The lowest BCUT2D eigenvalue weighted by atomic mass is 10.2. The van der Waals surface area contributed by atoms with Crippen molar-refractivity contribution in [3.63, 3.8) is 0 Å². The summed E-state index contributed by atoms with van der Waals surface area (Å²) >= 11 is 3.43. The van der Waals surface area contributed by atoms with Crippen LogP contribution in [0, 0.1) is 0 Å². The van der Waals surface area contributed by atoms with Gasteiger partial charge in [0.15, 0.2) is 0 Å². The number of halogens is 1. The van der Waals surface area contributed by atoms with Gasteiger partial charge in [0.1, 0.15) is 6.54 Å². The zero-order chi connectivity index (χ0) is 15.8. The number of hydrogen-bond acceptors (Lipinski definition) is 2. The predicted molar refractivity (Wildman–Crippen MR) is 89.3 cm³/mol. The Bertz CT molecular complexity index is 485. The van der Waals surface area contributed by atoms with Crippen molar-refractivity contribution < 1.29 is 9.59 Å². The van der Waals surface area contributed by atoms with Crippen LogP contribution in [0.25, 0.3) is 0 Å². The summed E-state index contributed by atoms with van der Waals surface area (Å²) in [7, 11) is 0. The van der Waals surface area contributed by atoms with E-state index >= 15 is 0 Å². The molecule has 0 saturated carbocycles. The summed E-state index contributed by atoms with van der Waals surface area (Å²) in [6.45, 7) is 7.12. The number of carbonyl (C=O) groups excluding carboxylic acids is 2. The number of nitrogens with zero attached hydrogens (tertiary/aromatic N) is 2. The van der Waals surface area contributed by atoms with E-state index in [0.29, 0.717) is 0 Å². The summed E-state index contributed by atoms with van der Waals surface area (Å²) in [6, 6.07) is 7.44. The second-order valence-corrected chi connectivity index (χ2v) is 5.79. The Kier molecular flexibility index (Phi) is 7.43. The van der Waals surface area contributed by atoms with E-state index < -0.39 is 0 Å². The molecule has 0 aliphatic carbocycles. The molecule has 21 heavy (non-hydrogen) atoms. The van der Waals surface area contributed by atoms with Gasteiger partial charge in [-0.3, -0.25) is 9.59 Å². The molecule has 0 aliphatic heterocycles. The quantitative estimate of drug-likeness (QED) is 0.752. The number of benzene rings is 1. The Balaban J connectivity index is 2.91.